The van der Waals surface area contributed by atoms with Gasteiger partial charge in [0, 0.05) is 18.8 Å². The summed E-state index contributed by atoms with van der Waals surface area (Å²) in [6.45, 7) is 4.59. The van der Waals surface area contributed by atoms with E-state index in [0.717, 1.165) is 13.1 Å². The number of ether oxygens (including phenoxy) is 1. The fraction of sp³-hybridized carbons (Fsp3) is 0.462. The van der Waals surface area contributed by atoms with Crippen molar-refractivity contribution in [3.05, 3.63) is 29.0 Å². The number of nitrogens with one attached hydrogen (secondary N) is 1. The van der Waals surface area contributed by atoms with Crippen LogP contribution in [0.25, 0.3) is 0 Å². The van der Waals surface area contributed by atoms with Crippen molar-refractivity contribution in [2.45, 2.75) is 13.0 Å². The first-order valence-electron chi connectivity index (χ1n) is 6.15. The molecule has 1 saturated heterocycles. The molecule has 1 aliphatic rings. The maximum atomic E-state index is 13.0. The number of morpholine rings is 1. The highest BCUT2D eigenvalue weighted by Crippen LogP contribution is 2.19. The Morgan fingerprint density at radius 1 is 1.47 bits per heavy atom. The van der Waals surface area contributed by atoms with E-state index in [1.165, 1.54) is 18.2 Å². The normalized spacial score (nSPS) is 18.1. The number of carbonyl (C=O) groups excluding carboxylic acids is 1. The largest absolute Gasteiger partial charge is 0.379 e. The molecular formula is C13H16ClFN2O2. The monoisotopic (exact) mass is 286 g/mol. The van der Waals surface area contributed by atoms with Crippen molar-refractivity contribution in [3.63, 3.8) is 0 Å². The zero-order chi connectivity index (χ0) is 13.8. The molecule has 1 aromatic carbocycles. The van der Waals surface area contributed by atoms with Crippen molar-refractivity contribution in [1.29, 1.82) is 0 Å². The van der Waals surface area contributed by atoms with Crippen molar-refractivity contribution in [1.82, 2.24) is 4.90 Å². The van der Waals surface area contributed by atoms with Gasteiger partial charge in [0.1, 0.15) is 5.82 Å². The number of benzene rings is 1. The van der Waals surface area contributed by atoms with Gasteiger partial charge in [0.15, 0.2) is 0 Å². The van der Waals surface area contributed by atoms with Gasteiger partial charge < -0.3 is 10.1 Å². The summed E-state index contributed by atoms with van der Waals surface area (Å²) in [4.78, 5) is 14.1. The Balaban J connectivity index is 1.97. The Morgan fingerprint density at radius 3 is 2.79 bits per heavy atom. The number of anilines is 1. The van der Waals surface area contributed by atoms with Crippen molar-refractivity contribution < 1.29 is 13.9 Å². The van der Waals surface area contributed by atoms with Crippen molar-refractivity contribution >= 4 is 23.2 Å². The highest BCUT2D eigenvalue weighted by molar-refractivity contribution is 6.31. The summed E-state index contributed by atoms with van der Waals surface area (Å²) in [7, 11) is 0. The standard InChI is InChI=1S/C13H16ClFN2O2/c1-9(17-4-6-19-7-5-17)13(18)16-10-2-3-12(15)11(14)8-10/h2-3,8-9H,4-7H2,1H3,(H,16,18). The number of nitrogens with zero attached hydrogens (tertiary/aromatic N) is 1. The zero-order valence-corrected chi connectivity index (χ0v) is 11.4. The molecule has 1 heterocycles. The summed E-state index contributed by atoms with van der Waals surface area (Å²) in [5.41, 5.74) is 0.497. The molecular weight excluding hydrogens is 271 g/mol. The lowest BCUT2D eigenvalue weighted by Gasteiger charge is -2.31. The van der Waals surface area contributed by atoms with Gasteiger partial charge in [-0.1, -0.05) is 11.6 Å². The van der Waals surface area contributed by atoms with Crippen LogP contribution in [-0.2, 0) is 9.53 Å². The van der Waals surface area contributed by atoms with E-state index in [1.807, 2.05) is 11.8 Å². The number of rotatable bonds is 3. The first-order chi connectivity index (χ1) is 9.08. The first-order valence-corrected chi connectivity index (χ1v) is 6.53. The molecule has 19 heavy (non-hydrogen) atoms. The second-order valence-corrected chi connectivity index (χ2v) is 4.85. The van der Waals surface area contributed by atoms with Crippen LogP contribution in [0.4, 0.5) is 10.1 Å². The summed E-state index contributed by atoms with van der Waals surface area (Å²) < 4.78 is 18.3. The summed E-state index contributed by atoms with van der Waals surface area (Å²) in [5.74, 6) is -0.634. The fourth-order valence-corrected chi connectivity index (χ4v) is 2.13. The minimum atomic E-state index is -0.499. The lowest BCUT2D eigenvalue weighted by atomic mass is 10.2. The van der Waals surface area contributed by atoms with Crippen LogP contribution in [0.2, 0.25) is 5.02 Å². The Morgan fingerprint density at radius 2 is 2.16 bits per heavy atom. The molecule has 1 unspecified atom stereocenters. The van der Waals surface area contributed by atoms with Crippen LogP contribution in [0, 0.1) is 5.82 Å². The van der Waals surface area contributed by atoms with Crippen LogP contribution in [0.5, 0.6) is 0 Å². The topological polar surface area (TPSA) is 41.6 Å². The lowest BCUT2D eigenvalue weighted by Crippen LogP contribution is -2.47. The molecule has 6 heteroatoms. The van der Waals surface area contributed by atoms with E-state index in [0.29, 0.717) is 18.9 Å². The van der Waals surface area contributed by atoms with Gasteiger partial charge in [-0.05, 0) is 25.1 Å². The molecule has 1 aliphatic heterocycles. The maximum absolute atomic E-state index is 13.0. The van der Waals surface area contributed by atoms with Crippen molar-refractivity contribution in [3.8, 4) is 0 Å². The number of hydrogen-bond acceptors (Lipinski definition) is 3. The van der Waals surface area contributed by atoms with Gasteiger partial charge in [-0.2, -0.15) is 0 Å². The minimum absolute atomic E-state index is 0.00294. The summed E-state index contributed by atoms with van der Waals surface area (Å²) in [5, 5.41) is 2.73. The summed E-state index contributed by atoms with van der Waals surface area (Å²) >= 11 is 5.67. The van der Waals surface area contributed by atoms with E-state index < -0.39 is 5.82 Å². The quantitative estimate of drug-likeness (QED) is 0.926. The minimum Gasteiger partial charge on any atom is -0.379 e. The molecule has 1 amide bonds. The first kappa shape index (κ1) is 14.2. The van der Waals surface area contributed by atoms with Gasteiger partial charge in [-0.15, -0.1) is 0 Å². The number of hydrogen-bond donors (Lipinski definition) is 1. The molecule has 4 nitrogen and oxygen atoms in total. The van der Waals surface area contributed by atoms with Crippen molar-refractivity contribution in [2.24, 2.45) is 0 Å². The van der Waals surface area contributed by atoms with Crippen LogP contribution in [0.1, 0.15) is 6.92 Å². The highest BCUT2D eigenvalue weighted by Gasteiger charge is 2.23. The van der Waals surface area contributed by atoms with Crippen LogP contribution >= 0.6 is 11.6 Å². The van der Waals surface area contributed by atoms with Gasteiger partial charge >= 0.3 is 0 Å². The summed E-state index contributed by atoms with van der Waals surface area (Å²) in [6.07, 6.45) is 0. The molecule has 1 N–H and O–H groups in total. The predicted octanol–water partition coefficient (Wildman–Crippen LogP) is 2.14. The van der Waals surface area contributed by atoms with Gasteiger partial charge in [0.25, 0.3) is 0 Å². The van der Waals surface area contributed by atoms with Crippen LogP contribution < -0.4 is 5.32 Å². The van der Waals surface area contributed by atoms with Crippen LogP contribution in [0.3, 0.4) is 0 Å². The van der Waals surface area contributed by atoms with E-state index in [4.69, 9.17) is 16.3 Å². The van der Waals surface area contributed by atoms with E-state index in [1.54, 1.807) is 0 Å². The van der Waals surface area contributed by atoms with Gasteiger partial charge in [-0.25, -0.2) is 4.39 Å². The molecule has 1 atom stereocenters. The van der Waals surface area contributed by atoms with Gasteiger partial charge in [0.05, 0.1) is 24.3 Å². The Labute approximate surface area is 116 Å². The average molecular weight is 287 g/mol. The van der Waals surface area contributed by atoms with E-state index in [2.05, 4.69) is 5.32 Å². The Bertz CT molecular complexity index is 464. The van der Waals surface area contributed by atoms with Crippen LogP contribution in [0.15, 0.2) is 18.2 Å². The second kappa shape index (κ2) is 6.32. The summed E-state index contributed by atoms with van der Waals surface area (Å²) in [6, 6.07) is 3.87. The second-order valence-electron chi connectivity index (χ2n) is 4.44. The molecule has 0 bridgehead atoms. The fourth-order valence-electron chi connectivity index (χ4n) is 1.95. The Kier molecular flexibility index (Phi) is 4.74. The number of amides is 1. The third-order valence-electron chi connectivity index (χ3n) is 3.16. The molecule has 0 radical (unpaired) electrons. The average Bonchev–Trinajstić information content (AvgIpc) is 2.43. The molecule has 1 aromatic rings. The molecule has 0 aromatic heterocycles. The maximum Gasteiger partial charge on any atom is 0.241 e. The third-order valence-corrected chi connectivity index (χ3v) is 3.45. The molecule has 0 aliphatic carbocycles. The van der Waals surface area contributed by atoms with Crippen molar-refractivity contribution in [2.75, 3.05) is 31.6 Å². The number of carbonyl (C=O) groups is 1. The molecule has 2 rings (SSSR count). The molecule has 0 spiro atoms. The molecule has 104 valence electrons. The zero-order valence-electron chi connectivity index (χ0n) is 10.7. The third kappa shape index (κ3) is 3.65. The van der Waals surface area contributed by atoms with Gasteiger partial charge in [-0.3, -0.25) is 9.69 Å². The lowest BCUT2D eigenvalue weighted by molar-refractivity contribution is -0.122. The Hall–Kier alpha value is -1.17. The van der Waals surface area contributed by atoms with E-state index >= 15 is 0 Å². The van der Waals surface area contributed by atoms with Crippen LogP contribution in [-0.4, -0.2) is 43.2 Å². The van der Waals surface area contributed by atoms with E-state index in [9.17, 15) is 9.18 Å². The molecule has 0 saturated carbocycles. The predicted molar refractivity (Wildman–Crippen MR) is 71.9 cm³/mol. The van der Waals surface area contributed by atoms with E-state index in [-0.39, 0.29) is 17.0 Å². The SMILES string of the molecule is CC(C(=O)Nc1ccc(F)c(Cl)c1)N1CCOCC1. The highest BCUT2D eigenvalue weighted by atomic mass is 35.5. The number of halogens is 2. The molecule has 1 fully saturated rings. The smallest absolute Gasteiger partial charge is 0.241 e. The van der Waals surface area contributed by atoms with Gasteiger partial charge in [0.2, 0.25) is 5.91 Å².